The number of aromatic nitrogens is 3. The Morgan fingerprint density at radius 1 is 1.00 bits per heavy atom. The first-order valence-corrected chi connectivity index (χ1v) is 9.35. The summed E-state index contributed by atoms with van der Waals surface area (Å²) in [6, 6.07) is 16.5. The lowest BCUT2D eigenvalue weighted by Gasteiger charge is -2.09. The van der Waals surface area contributed by atoms with E-state index in [-0.39, 0.29) is 11.5 Å². The minimum absolute atomic E-state index is 0.127. The van der Waals surface area contributed by atoms with Crippen LogP contribution in [-0.2, 0) is 0 Å². The van der Waals surface area contributed by atoms with Gasteiger partial charge in [-0.05, 0) is 67.1 Å². The van der Waals surface area contributed by atoms with Gasteiger partial charge in [-0.2, -0.15) is 0 Å². The van der Waals surface area contributed by atoms with Gasteiger partial charge in [0, 0.05) is 16.3 Å². The fraction of sp³-hybridized carbons (Fsp3) is 0.0455. The third kappa shape index (κ3) is 4.06. The summed E-state index contributed by atoms with van der Waals surface area (Å²) in [6.07, 6.45) is 0. The number of hydrogen-bond acceptors (Lipinski definition) is 3. The van der Waals surface area contributed by atoms with Crippen molar-refractivity contribution in [3.05, 3.63) is 94.8 Å². The van der Waals surface area contributed by atoms with Crippen LogP contribution in [0.4, 0.5) is 14.5 Å². The average Bonchev–Trinajstić information content (AvgIpc) is 3.16. The molecular weight excluding hydrogens is 410 g/mol. The van der Waals surface area contributed by atoms with Crippen LogP contribution in [0.15, 0.2) is 66.7 Å². The second-order valence-corrected chi connectivity index (χ2v) is 7.01. The number of nitrogens with zero attached hydrogens (tertiary/aromatic N) is 3. The smallest absolute Gasteiger partial charge is 0.295 e. The van der Waals surface area contributed by atoms with E-state index >= 15 is 0 Å². The third-order valence-electron chi connectivity index (χ3n) is 4.39. The molecular formula is C22H15ClF2N4O. The number of nitrogens with one attached hydrogen (secondary N) is 1. The largest absolute Gasteiger partial charge is 0.319 e. The molecule has 5 nitrogen and oxygen atoms in total. The zero-order chi connectivity index (χ0) is 21.3. The molecule has 4 rings (SSSR count). The molecule has 8 heteroatoms. The molecule has 0 unspecified atom stereocenters. The zero-order valence-electron chi connectivity index (χ0n) is 15.7. The summed E-state index contributed by atoms with van der Waals surface area (Å²) in [5.74, 6) is -1.27. The summed E-state index contributed by atoms with van der Waals surface area (Å²) in [7, 11) is 0. The van der Waals surface area contributed by atoms with E-state index in [0.717, 1.165) is 5.56 Å². The fourth-order valence-corrected chi connectivity index (χ4v) is 3.09. The first-order chi connectivity index (χ1) is 14.4. The van der Waals surface area contributed by atoms with Crippen LogP contribution in [-0.4, -0.2) is 20.7 Å². The Hall–Kier alpha value is -3.58. The molecule has 0 radical (unpaired) electrons. The summed E-state index contributed by atoms with van der Waals surface area (Å²) in [5, 5.41) is 7.41. The number of anilines is 1. The van der Waals surface area contributed by atoms with Gasteiger partial charge in [-0.1, -0.05) is 23.7 Å². The monoisotopic (exact) mass is 424 g/mol. The standard InChI is InChI=1S/C22H15ClF2N4O/c1-13-5-8-15(23)11-19(13)29-21(14-6-9-16(24)10-7-14)27-20(28-29)22(30)26-18-4-2-3-17(25)12-18/h2-12H,1H3,(H,26,30). The number of rotatable bonds is 4. The second kappa shape index (κ2) is 8.04. The van der Waals surface area contributed by atoms with E-state index in [1.54, 1.807) is 30.3 Å². The molecule has 0 aliphatic heterocycles. The molecule has 30 heavy (non-hydrogen) atoms. The molecule has 1 heterocycles. The van der Waals surface area contributed by atoms with Gasteiger partial charge in [-0.15, -0.1) is 5.10 Å². The van der Waals surface area contributed by atoms with E-state index in [4.69, 9.17) is 11.6 Å². The molecule has 0 saturated heterocycles. The predicted octanol–water partition coefficient (Wildman–Crippen LogP) is 5.43. The van der Waals surface area contributed by atoms with E-state index in [0.29, 0.717) is 22.1 Å². The van der Waals surface area contributed by atoms with Gasteiger partial charge < -0.3 is 5.32 Å². The van der Waals surface area contributed by atoms with Crippen LogP contribution in [0, 0.1) is 18.6 Å². The Kier molecular flexibility index (Phi) is 5.29. The molecule has 0 atom stereocenters. The topological polar surface area (TPSA) is 59.8 Å². The molecule has 150 valence electrons. The van der Waals surface area contributed by atoms with Crippen molar-refractivity contribution in [3.63, 3.8) is 0 Å². The SMILES string of the molecule is Cc1ccc(Cl)cc1-n1nc(C(=O)Nc2cccc(F)c2)nc1-c1ccc(F)cc1. The van der Waals surface area contributed by atoms with Crippen molar-refractivity contribution >= 4 is 23.2 Å². The van der Waals surface area contributed by atoms with E-state index in [2.05, 4.69) is 15.4 Å². The summed E-state index contributed by atoms with van der Waals surface area (Å²) in [5.41, 5.74) is 2.32. The van der Waals surface area contributed by atoms with Gasteiger partial charge >= 0.3 is 0 Å². The molecule has 0 aliphatic rings. The van der Waals surface area contributed by atoms with Gasteiger partial charge in [0.25, 0.3) is 5.91 Å². The molecule has 1 amide bonds. The van der Waals surface area contributed by atoms with Crippen molar-refractivity contribution < 1.29 is 13.6 Å². The number of hydrogen-bond donors (Lipinski definition) is 1. The highest BCUT2D eigenvalue weighted by Gasteiger charge is 2.20. The lowest BCUT2D eigenvalue weighted by molar-refractivity contribution is 0.101. The molecule has 0 bridgehead atoms. The number of aryl methyl sites for hydroxylation is 1. The highest BCUT2D eigenvalue weighted by atomic mass is 35.5. The lowest BCUT2D eigenvalue weighted by Crippen LogP contribution is -2.14. The van der Waals surface area contributed by atoms with Crippen LogP contribution >= 0.6 is 11.6 Å². The van der Waals surface area contributed by atoms with Gasteiger partial charge in [-0.3, -0.25) is 4.79 Å². The van der Waals surface area contributed by atoms with Gasteiger partial charge in [-0.25, -0.2) is 18.4 Å². The Bertz CT molecular complexity index is 1240. The Morgan fingerprint density at radius 3 is 2.50 bits per heavy atom. The van der Waals surface area contributed by atoms with Gasteiger partial charge in [0.05, 0.1) is 5.69 Å². The van der Waals surface area contributed by atoms with Crippen molar-refractivity contribution in [3.8, 4) is 17.1 Å². The van der Waals surface area contributed by atoms with Crippen LogP contribution in [0.3, 0.4) is 0 Å². The minimum Gasteiger partial charge on any atom is -0.319 e. The predicted molar refractivity (Wildman–Crippen MR) is 111 cm³/mol. The first-order valence-electron chi connectivity index (χ1n) is 8.97. The highest BCUT2D eigenvalue weighted by Crippen LogP contribution is 2.26. The Labute approximate surface area is 176 Å². The van der Waals surface area contributed by atoms with Crippen LogP contribution in [0.2, 0.25) is 5.02 Å². The van der Waals surface area contributed by atoms with Crippen LogP contribution in [0.25, 0.3) is 17.1 Å². The molecule has 0 fully saturated rings. The average molecular weight is 425 g/mol. The number of halogens is 3. The number of carbonyl (C=O) groups excluding carboxylic acids is 1. The van der Waals surface area contributed by atoms with Crippen molar-refractivity contribution in [2.24, 2.45) is 0 Å². The number of benzene rings is 3. The summed E-state index contributed by atoms with van der Waals surface area (Å²) in [6.45, 7) is 1.87. The van der Waals surface area contributed by atoms with E-state index in [1.165, 1.54) is 35.0 Å². The van der Waals surface area contributed by atoms with Gasteiger partial charge in [0.2, 0.25) is 5.82 Å². The van der Waals surface area contributed by atoms with E-state index in [9.17, 15) is 13.6 Å². The van der Waals surface area contributed by atoms with Crippen molar-refractivity contribution in [1.29, 1.82) is 0 Å². The third-order valence-corrected chi connectivity index (χ3v) is 4.63. The maximum Gasteiger partial charge on any atom is 0.295 e. The molecule has 1 N–H and O–H groups in total. The number of carbonyl (C=O) groups is 1. The lowest BCUT2D eigenvalue weighted by atomic mass is 10.1. The second-order valence-electron chi connectivity index (χ2n) is 6.57. The molecule has 0 aliphatic carbocycles. The van der Waals surface area contributed by atoms with E-state index in [1.807, 2.05) is 13.0 Å². The first kappa shape index (κ1) is 19.7. The Morgan fingerprint density at radius 2 is 1.77 bits per heavy atom. The zero-order valence-corrected chi connectivity index (χ0v) is 16.5. The molecule has 4 aromatic rings. The van der Waals surface area contributed by atoms with Crippen molar-refractivity contribution in [1.82, 2.24) is 14.8 Å². The van der Waals surface area contributed by atoms with Crippen molar-refractivity contribution in [2.75, 3.05) is 5.32 Å². The molecule has 0 spiro atoms. The van der Waals surface area contributed by atoms with Gasteiger partial charge in [0.15, 0.2) is 5.82 Å². The molecule has 3 aromatic carbocycles. The Balaban J connectivity index is 1.80. The molecule has 0 saturated carbocycles. The number of amides is 1. The fourth-order valence-electron chi connectivity index (χ4n) is 2.93. The van der Waals surface area contributed by atoms with E-state index < -0.39 is 17.5 Å². The summed E-state index contributed by atoms with van der Waals surface area (Å²) in [4.78, 5) is 17.1. The summed E-state index contributed by atoms with van der Waals surface area (Å²) < 4.78 is 28.3. The van der Waals surface area contributed by atoms with Crippen LogP contribution in [0.5, 0.6) is 0 Å². The van der Waals surface area contributed by atoms with Crippen LogP contribution < -0.4 is 5.32 Å². The maximum atomic E-state index is 13.4. The normalized spacial score (nSPS) is 10.8. The van der Waals surface area contributed by atoms with Gasteiger partial charge in [0.1, 0.15) is 11.6 Å². The molecule has 1 aromatic heterocycles. The highest BCUT2D eigenvalue weighted by molar-refractivity contribution is 6.30. The summed E-state index contributed by atoms with van der Waals surface area (Å²) >= 11 is 6.15. The van der Waals surface area contributed by atoms with Crippen LogP contribution in [0.1, 0.15) is 16.2 Å². The minimum atomic E-state index is -0.609. The maximum absolute atomic E-state index is 13.4. The van der Waals surface area contributed by atoms with Crippen molar-refractivity contribution in [2.45, 2.75) is 6.92 Å². The quantitative estimate of drug-likeness (QED) is 0.475.